The van der Waals surface area contributed by atoms with Crippen molar-refractivity contribution < 1.29 is 9.59 Å². The summed E-state index contributed by atoms with van der Waals surface area (Å²) >= 11 is 3.16. The van der Waals surface area contributed by atoms with Crippen LogP contribution in [0.15, 0.2) is 47.6 Å². The van der Waals surface area contributed by atoms with Crippen LogP contribution in [-0.4, -0.2) is 22.8 Å². The minimum atomic E-state index is -0.809. The maximum atomic E-state index is 12.2. The summed E-state index contributed by atoms with van der Waals surface area (Å²) in [5.74, 6) is -1.01. The van der Waals surface area contributed by atoms with Crippen molar-refractivity contribution in [3.8, 4) is 0 Å². The number of pyridine rings is 1. The first-order valence-electron chi connectivity index (χ1n) is 6.25. The van der Waals surface area contributed by atoms with E-state index in [4.69, 9.17) is 5.73 Å². The Morgan fingerprint density at radius 3 is 2.76 bits per heavy atom. The van der Waals surface area contributed by atoms with Gasteiger partial charge in [-0.1, -0.05) is 40.7 Å². The summed E-state index contributed by atoms with van der Waals surface area (Å²) in [7, 11) is 0. The third-order valence-electron chi connectivity index (χ3n) is 2.93. The molecule has 0 saturated carbocycles. The molecule has 21 heavy (non-hydrogen) atoms. The number of carbonyl (C=O) groups is 2. The molecular formula is C15H14BrN3O2. The first-order chi connectivity index (χ1) is 9.97. The fourth-order valence-corrected chi connectivity index (χ4v) is 2.20. The molecule has 0 spiro atoms. The van der Waals surface area contributed by atoms with E-state index < -0.39 is 17.9 Å². The summed E-state index contributed by atoms with van der Waals surface area (Å²) in [5, 5.41) is 3.44. The normalized spacial score (nSPS) is 11.9. The zero-order valence-electron chi connectivity index (χ0n) is 11.2. The van der Waals surface area contributed by atoms with Gasteiger partial charge in [0.1, 0.15) is 6.04 Å². The number of primary amides is 1. The quantitative estimate of drug-likeness (QED) is 0.868. The van der Waals surface area contributed by atoms with Gasteiger partial charge in [-0.05, 0) is 16.6 Å². The highest BCUT2D eigenvalue weighted by Gasteiger charge is 2.19. The zero-order valence-corrected chi connectivity index (χ0v) is 12.8. The number of nitrogens with two attached hydrogens (primary N) is 1. The van der Waals surface area contributed by atoms with Crippen LogP contribution in [0.2, 0.25) is 0 Å². The lowest BCUT2D eigenvalue weighted by Gasteiger charge is -2.14. The van der Waals surface area contributed by atoms with Crippen molar-refractivity contribution in [1.82, 2.24) is 10.3 Å². The van der Waals surface area contributed by atoms with Crippen molar-refractivity contribution in [3.05, 3.63) is 53.2 Å². The summed E-state index contributed by atoms with van der Waals surface area (Å²) < 4.78 is 0.586. The van der Waals surface area contributed by atoms with Crippen LogP contribution in [0.3, 0.4) is 0 Å². The molecule has 0 saturated heterocycles. The number of carbonyl (C=O) groups excluding carboxylic acids is 2. The van der Waals surface area contributed by atoms with Gasteiger partial charge in [-0.2, -0.15) is 0 Å². The summed E-state index contributed by atoms with van der Waals surface area (Å²) in [6.07, 6.45) is 1.71. The molecule has 2 aromatic rings. The zero-order chi connectivity index (χ0) is 15.4. The van der Waals surface area contributed by atoms with Crippen molar-refractivity contribution in [1.29, 1.82) is 0 Å². The Balaban J connectivity index is 2.20. The van der Waals surface area contributed by atoms with E-state index in [1.165, 1.54) is 6.20 Å². The first-order valence-corrected chi connectivity index (χ1v) is 7.05. The number of hydrogen-bond acceptors (Lipinski definition) is 3. The average molecular weight is 348 g/mol. The highest BCUT2D eigenvalue weighted by Crippen LogP contribution is 2.14. The second-order valence-electron chi connectivity index (χ2n) is 4.57. The number of rotatable bonds is 5. The van der Waals surface area contributed by atoms with E-state index in [-0.39, 0.29) is 6.42 Å². The number of fused-ring (bicyclic) bond motifs is 1. The number of nitrogens with one attached hydrogen (secondary N) is 1. The van der Waals surface area contributed by atoms with Gasteiger partial charge in [0.15, 0.2) is 0 Å². The number of aromatic nitrogens is 1. The van der Waals surface area contributed by atoms with Gasteiger partial charge in [0.05, 0.1) is 11.1 Å². The molecule has 0 unspecified atom stereocenters. The smallest absolute Gasteiger partial charge is 0.253 e. The monoisotopic (exact) mass is 347 g/mol. The van der Waals surface area contributed by atoms with Gasteiger partial charge in [-0.25, -0.2) is 0 Å². The number of hydrogen-bond donors (Lipinski definition) is 2. The van der Waals surface area contributed by atoms with Gasteiger partial charge in [-0.15, -0.1) is 0 Å². The fraction of sp³-hybridized carbons (Fsp3) is 0.133. The number of para-hydroxylation sites is 1. The van der Waals surface area contributed by atoms with Crippen LogP contribution in [-0.2, 0) is 4.79 Å². The van der Waals surface area contributed by atoms with Gasteiger partial charge >= 0.3 is 0 Å². The van der Waals surface area contributed by atoms with E-state index in [9.17, 15) is 9.59 Å². The van der Waals surface area contributed by atoms with E-state index in [1.807, 2.05) is 24.3 Å². The average Bonchev–Trinajstić information content (AvgIpc) is 2.45. The lowest BCUT2D eigenvalue weighted by atomic mass is 10.1. The van der Waals surface area contributed by atoms with Crippen LogP contribution in [0, 0.1) is 0 Å². The Bertz CT molecular complexity index is 715. The minimum Gasteiger partial charge on any atom is -0.368 e. The van der Waals surface area contributed by atoms with Crippen LogP contribution in [0.25, 0.3) is 10.9 Å². The van der Waals surface area contributed by atoms with E-state index >= 15 is 0 Å². The molecule has 2 amide bonds. The molecule has 0 fully saturated rings. The van der Waals surface area contributed by atoms with E-state index in [0.717, 1.165) is 10.9 Å². The molecule has 2 rings (SSSR count). The molecule has 1 atom stereocenters. The van der Waals surface area contributed by atoms with E-state index in [0.29, 0.717) is 10.0 Å². The van der Waals surface area contributed by atoms with Crippen molar-refractivity contribution in [2.45, 2.75) is 12.5 Å². The van der Waals surface area contributed by atoms with Crippen molar-refractivity contribution >= 4 is 38.6 Å². The number of benzene rings is 1. The lowest BCUT2D eigenvalue weighted by molar-refractivity contribution is -0.119. The Morgan fingerprint density at radius 2 is 2.10 bits per heavy atom. The van der Waals surface area contributed by atoms with Crippen LogP contribution in [0.4, 0.5) is 0 Å². The van der Waals surface area contributed by atoms with Gasteiger partial charge in [-0.3, -0.25) is 14.6 Å². The lowest BCUT2D eigenvalue weighted by Crippen LogP contribution is -2.44. The molecule has 1 aromatic heterocycles. The van der Waals surface area contributed by atoms with Gasteiger partial charge in [0.25, 0.3) is 5.91 Å². The Labute approximate surface area is 130 Å². The molecule has 1 aromatic carbocycles. The van der Waals surface area contributed by atoms with Crippen LogP contribution in [0.1, 0.15) is 16.8 Å². The molecule has 3 N–H and O–H groups in total. The third-order valence-corrected chi connectivity index (χ3v) is 3.25. The molecule has 0 radical (unpaired) electrons. The fourth-order valence-electron chi connectivity index (χ4n) is 1.88. The Morgan fingerprint density at radius 1 is 1.38 bits per heavy atom. The van der Waals surface area contributed by atoms with Gasteiger partial charge in [0.2, 0.25) is 5.91 Å². The van der Waals surface area contributed by atoms with Crippen LogP contribution < -0.4 is 11.1 Å². The highest BCUT2D eigenvalue weighted by molar-refractivity contribution is 9.11. The largest absolute Gasteiger partial charge is 0.368 e. The second-order valence-corrected chi connectivity index (χ2v) is 5.69. The molecule has 0 aliphatic rings. The second kappa shape index (κ2) is 6.49. The van der Waals surface area contributed by atoms with Crippen LogP contribution >= 0.6 is 15.9 Å². The molecule has 0 aliphatic carbocycles. The molecule has 6 heteroatoms. The molecule has 5 nitrogen and oxygen atoms in total. The van der Waals surface area contributed by atoms with Gasteiger partial charge in [0, 0.05) is 18.0 Å². The first kappa shape index (κ1) is 15.2. The van der Waals surface area contributed by atoms with Crippen molar-refractivity contribution in [2.24, 2.45) is 5.73 Å². The highest BCUT2D eigenvalue weighted by atomic mass is 79.9. The van der Waals surface area contributed by atoms with Crippen LogP contribution in [0.5, 0.6) is 0 Å². The number of halogens is 1. The topological polar surface area (TPSA) is 85.1 Å². The van der Waals surface area contributed by atoms with Crippen molar-refractivity contribution in [2.75, 3.05) is 0 Å². The SMILES string of the molecule is C=C(Br)C[C@H](NC(=O)c1cnc2ccccc2c1)C(N)=O. The van der Waals surface area contributed by atoms with E-state index in [2.05, 4.69) is 32.8 Å². The maximum absolute atomic E-state index is 12.2. The van der Waals surface area contributed by atoms with Gasteiger partial charge < -0.3 is 11.1 Å². The predicted molar refractivity (Wildman–Crippen MR) is 84.9 cm³/mol. The minimum absolute atomic E-state index is 0.238. The predicted octanol–water partition coefficient (Wildman–Crippen LogP) is 2.12. The van der Waals surface area contributed by atoms with E-state index in [1.54, 1.807) is 6.07 Å². The summed E-state index contributed by atoms with van der Waals surface area (Å²) in [4.78, 5) is 27.7. The van der Waals surface area contributed by atoms with Crippen molar-refractivity contribution in [3.63, 3.8) is 0 Å². The number of nitrogens with zero attached hydrogens (tertiary/aromatic N) is 1. The maximum Gasteiger partial charge on any atom is 0.253 e. The molecular weight excluding hydrogens is 334 g/mol. The number of amides is 2. The summed E-state index contributed by atoms with van der Waals surface area (Å²) in [6.45, 7) is 3.64. The molecule has 108 valence electrons. The Hall–Kier alpha value is -2.21. The molecule has 1 heterocycles. The summed E-state index contributed by atoms with van der Waals surface area (Å²) in [6, 6.07) is 8.38. The molecule has 0 aliphatic heterocycles. The standard InChI is InChI=1S/C15H14BrN3O2/c1-9(16)6-13(14(17)20)19-15(21)11-7-10-4-2-3-5-12(10)18-8-11/h2-5,7-8,13H,1,6H2,(H2,17,20)(H,19,21)/t13-/m0/s1. The molecule has 0 bridgehead atoms. The third kappa shape index (κ3) is 3.88. The summed E-state index contributed by atoms with van der Waals surface area (Å²) in [5.41, 5.74) is 6.45. The Kier molecular flexibility index (Phi) is 4.70.